The number of nitrogens with one attached hydrogen (secondary N) is 1. The first-order valence-corrected chi connectivity index (χ1v) is 5.46. The molecule has 0 aliphatic heterocycles. The summed E-state index contributed by atoms with van der Waals surface area (Å²) in [6.07, 6.45) is 1.44. The third kappa shape index (κ3) is 3.45. The first kappa shape index (κ1) is 13.0. The summed E-state index contributed by atoms with van der Waals surface area (Å²) in [5.74, 6) is -0.443. The largest absolute Gasteiger partial charge is 0.338 e. The number of rotatable bonds is 4. The molecule has 1 heterocycles. The zero-order valence-corrected chi connectivity index (χ0v) is 9.93. The summed E-state index contributed by atoms with van der Waals surface area (Å²) in [6.45, 7) is 4.49. The summed E-state index contributed by atoms with van der Waals surface area (Å²) in [4.78, 5) is 27.2. The summed E-state index contributed by atoms with van der Waals surface area (Å²) in [7, 11) is 0. The van der Waals surface area contributed by atoms with Crippen molar-refractivity contribution in [2.75, 3.05) is 13.1 Å². The Bertz CT molecular complexity index is 487. The van der Waals surface area contributed by atoms with Gasteiger partial charge in [-0.05, 0) is 19.9 Å². The number of hydrogen-bond acceptors (Lipinski definition) is 3. The number of hydrogen-bond donors (Lipinski definition) is 1. The summed E-state index contributed by atoms with van der Waals surface area (Å²) in [5.41, 5.74) is 0.0426. The van der Waals surface area contributed by atoms with Gasteiger partial charge in [0.05, 0.1) is 12.0 Å². The van der Waals surface area contributed by atoms with Crippen molar-refractivity contribution in [2.24, 2.45) is 5.92 Å². The molecule has 1 aromatic rings. The fourth-order valence-corrected chi connectivity index (χ4v) is 1.49. The summed E-state index contributed by atoms with van der Waals surface area (Å²) < 4.78 is 0. The molecule has 1 atom stereocenters. The lowest BCUT2D eigenvalue weighted by molar-refractivity contribution is 0.0752. The van der Waals surface area contributed by atoms with E-state index in [0.29, 0.717) is 18.7 Å². The van der Waals surface area contributed by atoms with E-state index in [4.69, 9.17) is 5.26 Å². The molecule has 1 aromatic heterocycles. The highest BCUT2D eigenvalue weighted by Crippen LogP contribution is 2.05. The number of pyridine rings is 1. The highest BCUT2D eigenvalue weighted by atomic mass is 16.2. The molecule has 0 radical (unpaired) electrons. The van der Waals surface area contributed by atoms with E-state index in [0.717, 1.165) is 0 Å². The predicted octanol–water partition coefficient (Wildman–Crippen LogP) is 0.997. The normalized spacial score (nSPS) is 11.6. The molecule has 0 aliphatic rings. The zero-order chi connectivity index (χ0) is 12.8. The minimum atomic E-state index is -0.305. The topological polar surface area (TPSA) is 77.0 Å². The molecule has 0 fully saturated rings. The molecule has 1 rings (SSSR count). The third-order valence-corrected chi connectivity index (χ3v) is 2.41. The zero-order valence-electron chi connectivity index (χ0n) is 9.93. The second-order valence-corrected chi connectivity index (χ2v) is 3.82. The fraction of sp³-hybridized carbons (Fsp3) is 0.417. The lowest BCUT2D eigenvalue weighted by Crippen LogP contribution is -2.34. The maximum Gasteiger partial charge on any atom is 0.254 e. The lowest BCUT2D eigenvalue weighted by atomic mass is 10.1. The van der Waals surface area contributed by atoms with Crippen LogP contribution in [0.4, 0.5) is 0 Å². The van der Waals surface area contributed by atoms with Gasteiger partial charge in [0.1, 0.15) is 0 Å². The van der Waals surface area contributed by atoms with Crippen molar-refractivity contribution < 1.29 is 4.79 Å². The molecular weight excluding hydrogens is 218 g/mol. The molecule has 5 heteroatoms. The predicted molar refractivity (Wildman–Crippen MR) is 63.4 cm³/mol. The maximum absolute atomic E-state index is 12.0. The van der Waals surface area contributed by atoms with Crippen LogP contribution in [0, 0.1) is 17.2 Å². The van der Waals surface area contributed by atoms with Gasteiger partial charge in [-0.25, -0.2) is 0 Å². The first-order valence-electron chi connectivity index (χ1n) is 5.46. The van der Waals surface area contributed by atoms with Crippen LogP contribution in [0.15, 0.2) is 23.1 Å². The second-order valence-electron chi connectivity index (χ2n) is 3.82. The maximum atomic E-state index is 12.0. The Morgan fingerprint density at radius 3 is 2.88 bits per heavy atom. The van der Waals surface area contributed by atoms with E-state index in [2.05, 4.69) is 11.1 Å². The van der Waals surface area contributed by atoms with Crippen LogP contribution in [0.3, 0.4) is 0 Å². The van der Waals surface area contributed by atoms with Crippen LogP contribution >= 0.6 is 0 Å². The van der Waals surface area contributed by atoms with Crippen LogP contribution in [0.25, 0.3) is 0 Å². The van der Waals surface area contributed by atoms with Gasteiger partial charge in [-0.2, -0.15) is 5.26 Å². The number of H-pyrrole nitrogens is 1. The van der Waals surface area contributed by atoms with Crippen molar-refractivity contribution >= 4 is 5.91 Å². The van der Waals surface area contributed by atoms with Gasteiger partial charge in [0.15, 0.2) is 0 Å². The molecule has 1 amide bonds. The van der Waals surface area contributed by atoms with E-state index >= 15 is 0 Å². The number of carbonyl (C=O) groups excluding carboxylic acids is 1. The quantitative estimate of drug-likeness (QED) is 0.842. The van der Waals surface area contributed by atoms with E-state index in [1.165, 1.54) is 12.3 Å². The van der Waals surface area contributed by atoms with Crippen molar-refractivity contribution in [1.29, 1.82) is 5.26 Å². The average Bonchev–Trinajstić information content (AvgIpc) is 2.34. The molecule has 0 saturated carbocycles. The second kappa shape index (κ2) is 5.85. The number of aromatic nitrogens is 1. The highest BCUT2D eigenvalue weighted by molar-refractivity contribution is 5.94. The van der Waals surface area contributed by atoms with Crippen LogP contribution in [-0.2, 0) is 0 Å². The minimum absolute atomic E-state index is 0.221. The SMILES string of the molecule is CCN(CC(C)C#N)C(=O)c1cc[nH]c(=O)c1. The first-order chi connectivity index (χ1) is 8.08. The van der Waals surface area contributed by atoms with E-state index in [9.17, 15) is 9.59 Å². The number of aromatic amines is 1. The Hall–Kier alpha value is -2.09. The molecule has 1 unspecified atom stereocenters. The lowest BCUT2D eigenvalue weighted by Gasteiger charge is -2.21. The molecule has 0 aromatic carbocycles. The van der Waals surface area contributed by atoms with Crippen molar-refractivity contribution in [3.8, 4) is 6.07 Å². The number of amides is 1. The Morgan fingerprint density at radius 2 is 2.35 bits per heavy atom. The van der Waals surface area contributed by atoms with Gasteiger partial charge in [0.2, 0.25) is 5.56 Å². The average molecular weight is 233 g/mol. The molecule has 90 valence electrons. The summed E-state index contributed by atoms with van der Waals surface area (Å²) in [6, 6.07) is 4.91. The third-order valence-electron chi connectivity index (χ3n) is 2.41. The van der Waals surface area contributed by atoms with Gasteiger partial charge in [0, 0.05) is 30.9 Å². The summed E-state index contributed by atoms with van der Waals surface area (Å²) in [5, 5.41) is 8.73. The minimum Gasteiger partial charge on any atom is -0.338 e. The van der Waals surface area contributed by atoms with E-state index < -0.39 is 0 Å². The van der Waals surface area contributed by atoms with Gasteiger partial charge in [0.25, 0.3) is 5.91 Å². The Labute approximate surface area is 99.7 Å². The standard InChI is InChI=1S/C12H15N3O2/c1-3-15(8-9(2)7-13)12(17)10-4-5-14-11(16)6-10/h4-6,9H,3,8H2,1-2H3,(H,14,16). The van der Waals surface area contributed by atoms with Gasteiger partial charge < -0.3 is 9.88 Å². The molecule has 1 N–H and O–H groups in total. The van der Waals surface area contributed by atoms with Crippen LogP contribution in [0.5, 0.6) is 0 Å². The van der Waals surface area contributed by atoms with Crippen molar-refractivity contribution in [1.82, 2.24) is 9.88 Å². The number of nitrogens with zero attached hydrogens (tertiary/aromatic N) is 2. The number of carbonyl (C=O) groups is 1. The van der Waals surface area contributed by atoms with Gasteiger partial charge in [-0.3, -0.25) is 9.59 Å². The Morgan fingerprint density at radius 1 is 1.65 bits per heavy atom. The highest BCUT2D eigenvalue weighted by Gasteiger charge is 2.16. The van der Waals surface area contributed by atoms with Crippen molar-refractivity contribution in [3.63, 3.8) is 0 Å². The molecule has 5 nitrogen and oxygen atoms in total. The van der Waals surface area contributed by atoms with Crippen LogP contribution in [0.2, 0.25) is 0 Å². The van der Waals surface area contributed by atoms with Gasteiger partial charge in [-0.1, -0.05) is 0 Å². The van der Waals surface area contributed by atoms with Crippen LogP contribution in [0.1, 0.15) is 24.2 Å². The van der Waals surface area contributed by atoms with Crippen molar-refractivity contribution in [2.45, 2.75) is 13.8 Å². The van der Waals surface area contributed by atoms with Gasteiger partial charge in [-0.15, -0.1) is 0 Å². The smallest absolute Gasteiger partial charge is 0.254 e. The van der Waals surface area contributed by atoms with E-state index in [-0.39, 0.29) is 17.4 Å². The monoisotopic (exact) mass is 233 g/mol. The summed E-state index contributed by atoms with van der Waals surface area (Å²) >= 11 is 0. The molecule has 0 saturated heterocycles. The van der Waals surface area contributed by atoms with Gasteiger partial charge >= 0.3 is 0 Å². The molecule has 0 spiro atoms. The molecular formula is C12H15N3O2. The Balaban J connectivity index is 2.87. The molecule has 0 aliphatic carbocycles. The van der Waals surface area contributed by atoms with E-state index in [1.54, 1.807) is 17.9 Å². The van der Waals surface area contributed by atoms with Crippen molar-refractivity contribution in [3.05, 3.63) is 34.2 Å². The van der Waals surface area contributed by atoms with E-state index in [1.807, 2.05) is 6.92 Å². The molecule has 17 heavy (non-hydrogen) atoms. The fourth-order valence-electron chi connectivity index (χ4n) is 1.49. The molecule has 0 bridgehead atoms. The number of nitriles is 1. The van der Waals surface area contributed by atoms with Crippen LogP contribution < -0.4 is 5.56 Å². The Kier molecular flexibility index (Phi) is 4.46. The van der Waals surface area contributed by atoms with Crippen LogP contribution in [-0.4, -0.2) is 28.9 Å².